The van der Waals surface area contributed by atoms with Gasteiger partial charge in [0.15, 0.2) is 0 Å². The van der Waals surface area contributed by atoms with Gasteiger partial charge in [-0.05, 0) is 25.3 Å². The van der Waals surface area contributed by atoms with Crippen LogP contribution >= 0.6 is 0 Å². The molecule has 1 aromatic carbocycles. The number of carbonyl (C=O) groups excluding carboxylic acids is 2. The van der Waals surface area contributed by atoms with Crippen LogP contribution in [-0.4, -0.2) is 30.7 Å². The number of nitrogens with one attached hydrogen (secondary N) is 1. The van der Waals surface area contributed by atoms with Crippen molar-refractivity contribution in [3.63, 3.8) is 0 Å². The summed E-state index contributed by atoms with van der Waals surface area (Å²) in [6, 6.07) is 9.69. The molecular weight excluding hydrogens is 289 g/mol. The van der Waals surface area contributed by atoms with Crippen molar-refractivity contribution in [1.82, 2.24) is 5.32 Å². The lowest BCUT2D eigenvalue weighted by Crippen LogP contribution is -2.48. The molecule has 1 aromatic rings. The van der Waals surface area contributed by atoms with Gasteiger partial charge in [0.05, 0.1) is 12.5 Å². The number of amides is 1. The molecule has 1 heterocycles. The maximum Gasteiger partial charge on any atom is 0.313 e. The highest BCUT2D eigenvalue weighted by Crippen LogP contribution is 2.15. The van der Waals surface area contributed by atoms with Gasteiger partial charge in [-0.3, -0.25) is 9.59 Å². The number of benzene rings is 1. The van der Waals surface area contributed by atoms with E-state index in [1.54, 1.807) is 6.92 Å². The Balaban J connectivity index is 1.92. The van der Waals surface area contributed by atoms with Crippen LogP contribution in [0.25, 0.3) is 0 Å². The second kappa shape index (κ2) is 8.68. The number of hydrogen-bond acceptors (Lipinski definition) is 3. The van der Waals surface area contributed by atoms with Crippen LogP contribution in [0.4, 0.5) is 0 Å². The van der Waals surface area contributed by atoms with Gasteiger partial charge in [-0.25, -0.2) is 0 Å². The van der Waals surface area contributed by atoms with E-state index in [4.69, 9.17) is 4.65 Å². The van der Waals surface area contributed by atoms with E-state index in [0.717, 1.165) is 18.4 Å². The van der Waals surface area contributed by atoms with E-state index in [-0.39, 0.29) is 30.7 Å². The van der Waals surface area contributed by atoms with Crippen LogP contribution in [0.3, 0.4) is 0 Å². The monoisotopic (exact) mass is 313 g/mol. The van der Waals surface area contributed by atoms with Gasteiger partial charge >= 0.3 is 6.92 Å². The zero-order valence-corrected chi connectivity index (χ0v) is 13.8. The van der Waals surface area contributed by atoms with Crippen molar-refractivity contribution >= 4 is 18.6 Å². The largest absolute Gasteiger partial charge is 0.431 e. The van der Waals surface area contributed by atoms with Gasteiger partial charge in [0, 0.05) is 12.4 Å². The summed E-state index contributed by atoms with van der Waals surface area (Å²) in [4.78, 5) is 23.5. The van der Waals surface area contributed by atoms with E-state index in [2.05, 4.69) is 11.4 Å². The third kappa shape index (κ3) is 6.03. The normalized spacial score (nSPS) is 22.8. The topological polar surface area (TPSA) is 55.4 Å². The highest BCUT2D eigenvalue weighted by Gasteiger charge is 2.28. The number of Topliss-reactive ketones (excluding diaryl/α,β-unsaturated/α-hetero) is 1. The van der Waals surface area contributed by atoms with Crippen LogP contribution in [0, 0.1) is 0 Å². The first-order chi connectivity index (χ1) is 11.0. The standard InChI is InChI=1S/C18H24BNO3/c1-14(21)12-16-10-6-7-11-17(19(2)23-16)20-18(22)13-15-8-4-3-5-9-15/h3-9,16-17H,10-13H2,1-2H3,(H,20,22)/b7-6-/t16-,17-/m0/s1. The van der Waals surface area contributed by atoms with Crippen LogP contribution in [0.1, 0.15) is 31.7 Å². The van der Waals surface area contributed by atoms with E-state index in [1.807, 2.05) is 43.2 Å². The van der Waals surface area contributed by atoms with E-state index in [0.29, 0.717) is 12.8 Å². The predicted octanol–water partition coefficient (Wildman–Crippen LogP) is 2.59. The molecule has 2 atom stereocenters. The fourth-order valence-electron chi connectivity index (χ4n) is 2.80. The van der Waals surface area contributed by atoms with Crippen molar-refractivity contribution in [3.8, 4) is 0 Å². The van der Waals surface area contributed by atoms with Crippen LogP contribution in [0.15, 0.2) is 42.5 Å². The molecule has 122 valence electrons. The SMILES string of the molecule is CB1O[C@H](CC(C)=O)C/C=C\C[C@@H]1NC(=O)Cc1ccccc1. The van der Waals surface area contributed by atoms with E-state index >= 15 is 0 Å². The maximum atomic E-state index is 12.2. The lowest BCUT2D eigenvalue weighted by molar-refractivity contribution is -0.121. The van der Waals surface area contributed by atoms with Gasteiger partial charge < -0.3 is 9.97 Å². The first-order valence-electron chi connectivity index (χ1n) is 8.17. The fraction of sp³-hybridized carbons (Fsp3) is 0.444. The highest BCUT2D eigenvalue weighted by molar-refractivity contribution is 6.52. The lowest BCUT2D eigenvalue weighted by Gasteiger charge is -2.27. The van der Waals surface area contributed by atoms with E-state index in [9.17, 15) is 9.59 Å². The molecule has 0 aliphatic carbocycles. The Hall–Kier alpha value is -1.88. The zero-order chi connectivity index (χ0) is 16.7. The minimum absolute atomic E-state index is 0.00580. The Morgan fingerprint density at radius 1 is 1.22 bits per heavy atom. The van der Waals surface area contributed by atoms with Gasteiger partial charge in [0.25, 0.3) is 0 Å². The van der Waals surface area contributed by atoms with Crippen molar-refractivity contribution in [1.29, 1.82) is 0 Å². The van der Waals surface area contributed by atoms with Crippen molar-refractivity contribution in [2.45, 2.75) is 51.5 Å². The second-order valence-electron chi connectivity index (χ2n) is 6.15. The zero-order valence-electron chi connectivity index (χ0n) is 13.8. The first-order valence-corrected chi connectivity index (χ1v) is 8.17. The smallest absolute Gasteiger partial charge is 0.313 e. The van der Waals surface area contributed by atoms with Crippen molar-refractivity contribution in [3.05, 3.63) is 48.0 Å². The van der Waals surface area contributed by atoms with Crippen LogP contribution in [-0.2, 0) is 20.7 Å². The second-order valence-corrected chi connectivity index (χ2v) is 6.15. The molecule has 0 spiro atoms. The van der Waals surface area contributed by atoms with Crippen LogP contribution < -0.4 is 5.32 Å². The van der Waals surface area contributed by atoms with Crippen LogP contribution in [0.2, 0.25) is 6.82 Å². The van der Waals surface area contributed by atoms with Crippen molar-refractivity contribution < 1.29 is 14.2 Å². The quantitative estimate of drug-likeness (QED) is 0.671. The minimum atomic E-state index is -0.121. The summed E-state index contributed by atoms with van der Waals surface area (Å²) in [6.45, 7) is 3.42. The molecule has 0 aromatic heterocycles. The summed E-state index contributed by atoms with van der Waals surface area (Å²) in [5.74, 6) is 0.0480. The van der Waals surface area contributed by atoms with Crippen molar-refractivity contribution in [2.75, 3.05) is 0 Å². The number of ketones is 1. The highest BCUT2D eigenvalue weighted by atomic mass is 16.4. The minimum Gasteiger partial charge on any atom is -0.431 e. The number of hydrogen-bond donors (Lipinski definition) is 1. The average molecular weight is 313 g/mol. The summed E-state index contributed by atoms with van der Waals surface area (Å²) < 4.78 is 5.98. The Kier molecular flexibility index (Phi) is 6.59. The number of rotatable bonds is 5. The maximum absolute atomic E-state index is 12.2. The third-order valence-electron chi connectivity index (χ3n) is 4.00. The van der Waals surface area contributed by atoms with Gasteiger partial charge in [-0.15, -0.1) is 0 Å². The Labute approximate surface area is 138 Å². The van der Waals surface area contributed by atoms with E-state index in [1.165, 1.54) is 0 Å². The third-order valence-corrected chi connectivity index (χ3v) is 4.00. The van der Waals surface area contributed by atoms with Crippen molar-refractivity contribution in [2.24, 2.45) is 0 Å². The summed E-state index contributed by atoms with van der Waals surface area (Å²) in [6.07, 6.45) is 6.27. The van der Waals surface area contributed by atoms with Crippen LogP contribution in [0.5, 0.6) is 0 Å². The molecule has 1 aliphatic rings. The molecule has 5 heteroatoms. The predicted molar refractivity (Wildman–Crippen MR) is 92.2 cm³/mol. The van der Waals surface area contributed by atoms with Gasteiger partial charge in [-0.1, -0.05) is 49.3 Å². The van der Waals surface area contributed by atoms with Gasteiger partial charge in [0.2, 0.25) is 5.91 Å². The summed E-state index contributed by atoms with van der Waals surface area (Å²) in [7, 11) is 0. The molecule has 0 saturated carbocycles. The summed E-state index contributed by atoms with van der Waals surface area (Å²) in [5, 5.41) is 3.06. The molecule has 0 saturated heterocycles. The Morgan fingerprint density at radius 3 is 2.61 bits per heavy atom. The number of carbonyl (C=O) groups is 2. The van der Waals surface area contributed by atoms with Gasteiger partial charge in [-0.2, -0.15) is 0 Å². The average Bonchev–Trinajstić information content (AvgIpc) is 2.49. The molecule has 2 rings (SSSR count). The lowest BCUT2D eigenvalue weighted by atomic mass is 9.60. The summed E-state index contributed by atoms with van der Waals surface area (Å²) >= 11 is 0. The molecular formula is C18H24BNO3. The molecule has 1 aliphatic heterocycles. The Morgan fingerprint density at radius 2 is 1.91 bits per heavy atom. The first kappa shape index (κ1) is 17.5. The molecule has 1 amide bonds. The molecule has 0 radical (unpaired) electrons. The molecule has 1 N–H and O–H groups in total. The van der Waals surface area contributed by atoms with E-state index < -0.39 is 0 Å². The molecule has 23 heavy (non-hydrogen) atoms. The fourth-order valence-corrected chi connectivity index (χ4v) is 2.80. The molecule has 0 bridgehead atoms. The molecule has 4 nitrogen and oxygen atoms in total. The summed E-state index contributed by atoms with van der Waals surface area (Å²) in [5.41, 5.74) is 0.995. The Bertz CT molecular complexity index is 559. The van der Waals surface area contributed by atoms with Gasteiger partial charge in [0.1, 0.15) is 5.78 Å². The molecule has 0 fully saturated rings. The molecule has 0 unspecified atom stereocenters.